The topological polar surface area (TPSA) is 3.24 Å². The first kappa shape index (κ1) is 41.6. The van der Waals surface area contributed by atoms with E-state index in [1.807, 2.05) is 0 Å². The molecule has 1 aliphatic heterocycles. The Kier molecular flexibility index (Phi) is 10.0. The van der Waals surface area contributed by atoms with Crippen molar-refractivity contribution in [1.82, 2.24) is 0 Å². The number of anilines is 3. The van der Waals surface area contributed by atoms with Crippen LogP contribution in [0.4, 0.5) is 17.1 Å². The van der Waals surface area contributed by atoms with Crippen LogP contribution in [0.25, 0.3) is 44.5 Å². The third-order valence-corrected chi connectivity index (χ3v) is 20.0. The van der Waals surface area contributed by atoms with E-state index >= 15 is 0 Å². The molecule has 11 aromatic rings. The van der Waals surface area contributed by atoms with E-state index in [1.54, 1.807) is 0 Å². The second-order valence-corrected chi connectivity index (χ2v) is 22.5. The van der Waals surface area contributed by atoms with Gasteiger partial charge in [0.05, 0.1) is 11.1 Å². The van der Waals surface area contributed by atoms with Crippen LogP contribution in [-0.2, 0) is 5.41 Å². The first-order valence-corrected chi connectivity index (χ1v) is 26.4. The zero-order chi connectivity index (χ0) is 46.7. The summed E-state index contributed by atoms with van der Waals surface area (Å²) >= 11 is 0. The van der Waals surface area contributed by atoms with Crippen LogP contribution in [0.1, 0.15) is 27.8 Å². The molecule has 0 aromatic heterocycles. The fourth-order valence-electron chi connectivity index (χ4n) is 12.2. The highest BCUT2D eigenvalue weighted by Crippen LogP contribution is 2.57. The highest BCUT2D eigenvalue weighted by atomic mass is 28.3. The van der Waals surface area contributed by atoms with Gasteiger partial charge in [-0.15, -0.1) is 0 Å². The van der Waals surface area contributed by atoms with E-state index in [1.165, 1.54) is 93.1 Å². The molecule has 1 nitrogen and oxygen atoms in total. The molecule has 1 aliphatic carbocycles. The number of nitrogens with zero attached hydrogens (tertiary/aromatic N) is 1. The average molecular weight is 908 g/mol. The van der Waals surface area contributed by atoms with E-state index < -0.39 is 13.5 Å². The van der Waals surface area contributed by atoms with Gasteiger partial charge in [-0.2, -0.15) is 0 Å². The van der Waals surface area contributed by atoms with E-state index in [4.69, 9.17) is 0 Å². The number of benzene rings is 11. The molecule has 13 rings (SSSR count). The Bertz CT molecular complexity index is 3630. The number of aryl methyl sites for hydroxylation is 1. The molecule has 2 aliphatic rings. The molecule has 70 heavy (non-hydrogen) atoms. The number of rotatable bonds is 9. The lowest BCUT2D eigenvalue weighted by atomic mass is 9.67. The molecule has 0 saturated heterocycles. The lowest BCUT2D eigenvalue weighted by Gasteiger charge is -2.36. The van der Waals surface area contributed by atoms with Crippen LogP contribution in [0.3, 0.4) is 0 Å². The lowest BCUT2D eigenvalue weighted by Crippen LogP contribution is -2.72. The molecule has 11 aromatic carbocycles. The van der Waals surface area contributed by atoms with Gasteiger partial charge in [-0.05, 0) is 125 Å². The van der Waals surface area contributed by atoms with Gasteiger partial charge < -0.3 is 4.90 Å². The van der Waals surface area contributed by atoms with E-state index in [9.17, 15) is 0 Å². The third kappa shape index (κ3) is 6.30. The van der Waals surface area contributed by atoms with Crippen LogP contribution in [0.5, 0.6) is 0 Å². The van der Waals surface area contributed by atoms with Crippen molar-refractivity contribution < 1.29 is 0 Å². The van der Waals surface area contributed by atoms with Crippen molar-refractivity contribution >= 4 is 45.9 Å². The monoisotopic (exact) mass is 907 g/mol. The van der Waals surface area contributed by atoms with Crippen LogP contribution in [0.15, 0.2) is 279 Å². The summed E-state index contributed by atoms with van der Waals surface area (Å²) in [7, 11) is -2.89. The Hall–Kier alpha value is -8.56. The summed E-state index contributed by atoms with van der Waals surface area (Å²) in [5, 5.41) is 5.60. The first-order valence-electron chi connectivity index (χ1n) is 24.4. The number of hydrogen-bond donors (Lipinski definition) is 0. The van der Waals surface area contributed by atoms with Gasteiger partial charge in [-0.25, -0.2) is 0 Å². The fourth-order valence-corrected chi connectivity index (χ4v) is 17.4. The maximum Gasteiger partial charge on any atom is 0.180 e. The van der Waals surface area contributed by atoms with E-state index in [0.29, 0.717) is 0 Å². The van der Waals surface area contributed by atoms with Gasteiger partial charge in [0.1, 0.15) is 0 Å². The van der Waals surface area contributed by atoms with Crippen molar-refractivity contribution in [2.24, 2.45) is 0 Å². The minimum atomic E-state index is -2.89. The van der Waals surface area contributed by atoms with Crippen LogP contribution >= 0.6 is 0 Å². The largest absolute Gasteiger partial charge is 0.310 e. The van der Waals surface area contributed by atoms with Gasteiger partial charge in [-0.1, -0.05) is 249 Å². The SMILES string of the molecule is Cc1cc(-c2ccccc2)ccc1N(c1ccc2c(c1)C(c1ccccc1)(c1ccccc1)c1ccccc1-2)c1cc([Si]2(c3ccccc3)c3ccccc3-c3ccccc32)ccc1-c1ccccc1. The van der Waals surface area contributed by atoms with Gasteiger partial charge >= 0.3 is 0 Å². The molecule has 0 fully saturated rings. The molecule has 2 heteroatoms. The standard InChI is InChI=1S/C68H49NSi/c1-48-45-51(49-23-7-2-8-24-49)39-44-64(48)69(54-40-42-59-58-33-17-20-36-62(58)68(63(59)46-54,52-27-11-4-12-28-52)53-29-13-5-14-30-53)65-47-56(41-43-57(65)50-25-9-3-10-26-50)70(55-31-15-6-16-32-55)66-37-21-18-34-60(66)61-35-19-22-38-67(61)70/h2-47H,1H3. The highest BCUT2D eigenvalue weighted by Gasteiger charge is 2.49. The second kappa shape index (κ2) is 16.9. The summed E-state index contributed by atoms with van der Waals surface area (Å²) in [6, 6.07) is 105. The Morgan fingerprint density at radius 1 is 0.314 bits per heavy atom. The molecule has 0 saturated carbocycles. The molecule has 0 spiro atoms. The van der Waals surface area contributed by atoms with Crippen molar-refractivity contribution in [3.8, 4) is 44.5 Å². The summed E-state index contributed by atoms with van der Waals surface area (Å²) in [5.41, 5.74) is 19.1. The molecule has 0 amide bonds. The predicted molar refractivity (Wildman–Crippen MR) is 297 cm³/mol. The van der Waals surface area contributed by atoms with E-state index in [0.717, 1.165) is 17.1 Å². The van der Waals surface area contributed by atoms with Crippen molar-refractivity contribution in [2.45, 2.75) is 12.3 Å². The predicted octanol–water partition coefficient (Wildman–Crippen LogP) is 14.5. The summed E-state index contributed by atoms with van der Waals surface area (Å²) in [5.74, 6) is 0. The minimum absolute atomic E-state index is 0.562. The summed E-state index contributed by atoms with van der Waals surface area (Å²) in [6.45, 7) is 2.28. The number of fused-ring (bicyclic) bond motifs is 6. The lowest BCUT2D eigenvalue weighted by molar-refractivity contribution is 0.768. The molecule has 0 N–H and O–H groups in total. The van der Waals surface area contributed by atoms with Crippen LogP contribution in [-0.4, -0.2) is 8.07 Å². The van der Waals surface area contributed by atoms with Crippen LogP contribution in [0.2, 0.25) is 0 Å². The smallest absolute Gasteiger partial charge is 0.180 e. The van der Waals surface area contributed by atoms with Gasteiger partial charge in [0.25, 0.3) is 0 Å². The van der Waals surface area contributed by atoms with Gasteiger partial charge in [0.2, 0.25) is 0 Å². The Labute approximate surface area is 412 Å². The van der Waals surface area contributed by atoms with Crippen molar-refractivity contribution in [1.29, 1.82) is 0 Å². The Morgan fingerprint density at radius 2 is 0.814 bits per heavy atom. The average Bonchev–Trinajstić information content (AvgIpc) is 3.91. The molecular formula is C68H49NSi. The van der Waals surface area contributed by atoms with E-state index in [2.05, 4.69) is 291 Å². The molecule has 0 bridgehead atoms. The zero-order valence-electron chi connectivity index (χ0n) is 39.0. The summed E-state index contributed by atoms with van der Waals surface area (Å²) in [4.78, 5) is 2.58. The molecule has 330 valence electrons. The summed E-state index contributed by atoms with van der Waals surface area (Å²) in [6.07, 6.45) is 0. The Morgan fingerprint density at radius 3 is 1.43 bits per heavy atom. The molecule has 0 unspecified atom stereocenters. The zero-order valence-corrected chi connectivity index (χ0v) is 40.0. The van der Waals surface area contributed by atoms with Crippen molar-refractivity contribution in [3.63, 3.8) is 0 Å². The van der Waals surface area contributed by atoms with Crippen LogP contribution < -0.4 is 25.6 Å². The van der Waals surface area contributed by atoms with Gasteiger partial charge in [0.15, 0.2) is 8.07 Å². The number of hydrogen-bond acceptors (Lipinski definition) is 1. The molecule has 1 heterocycles. The van der Waals surface area contributed by atoms with Gasteiger partial charge in [-0.3, -0.25) is 0 Å². The maximum atomic E-state index is 2.58. The van der Waals surface area contributed by atoms with Crippen LogP contribution in [0, 0.1) is 6.92 Å². The Balaban J connectivity index is 1.14. The normalized spacial score (nSPS) is 13.4. The molecule has 0 atom stereocenters. The van der Waals surface area contributed by atoms with Crippen molar-refractivity contribution in [3.05, 3.63) is 307 Å². The van der Waals surface area contributed by atoms with E-state index in [-0.39, 0.29) is 0 Å². The molecule has 0 radical (unpaired) electrons. The minimum Gasteiger partial charge on any atom is -0.310 e. The summed E-state index contributed by atoms with van der Waals surface area (Å²) < 4.78 is 0. The first-order chi connectivity index (χ1) is 34.7. The third-order valence-electron chi connectivity index (χ3n) is 15.2. The second-order valence-electron chi connectivity index (χ2n) is 18.8. The van der Waals surface area contributed by atoms with Gasteiger partial charge in [0, 0.05) is 16.9 Å². The quantitative estimate of drug-likeness (QED) is 0.130. The van der Waals surface area contributed by atoms with Crippen molar-refractivity contribution in [2.75, 3.05) is 4.90 Å². The maximum absolute atomic E-state index is 2.89. The highest BCUT2D eigenvalue weighted by molar-refractivity contribution is 7.22. The molecular weight excluding hydrogens is 859 g/mol. The fraction of sp³-hybridized carbons (Fsp3) is 0.0294.